The van der Waals surface area contributed by atoms with E-state index in [1.54, 1.807) is 6.20 Å². The van der Waals surface area contributed by atoms with E-state index in [2.05, 4.69) is 22.4 Å². The van der Waals surface area contributed by atoms with E-state index in [0.29, 0.717) is 12.3 Å². The molecule has 2 amide bonds. The molecule has 1 aromatic heterocycles. The van der Waals surface area contributed by atoms with Crippen molar-refractivity contribution in [2.24, 2.45) is 5.92 Å². The van der Waals surface area contributed by atoms with Crippen molar-refractivity contribution in [3.63, 3.8) is 0 Å². The summed E-state index contributed by atoms with van der Waals surface area (Å²) in [5.74, 6) is -1.38. The van der Waals surface area contributed by atoms with Crippen LogP contribution in [0.25, 0.3) is 10.8 Å². The van der Waals surface area contributed by atoms with Gasteiger partial charge in [-0.1, -0.05) is 31.4 Å². The van der Waals surface area contributed by atoms with Gasteiger partial charge in [-0.3, -0.25) is 9.69 Å². The van der Waals surface area contributed by atoms with Crippen LogP contribution in [0, 0.1) is 5.92 Å². The Hall–Kier alpha value is -3.40. The number of pyridine rings is 1. The van der Waals surface area contributed by atoms with Crippen LogP contribution in [0.1, 0.15) is 63.4 Å². The molecule has 0 radical (unpaired) electrons. The second-order valence-corrected chi connectivity index (χ2v) is 10.8. The third-order valence-electron chi connectivity index (χ3n) is 8.23. The Kier molecular flexibility index (Phi) is 8.50. The van der Waals surface area contributed by atoms with Crippen LogP contribution in [-0.4, -0.2) is 71.1 Å². The molecule has 4 atom stereocenters. The fourth-order valence-corrected chi connectivity index (χ4v) is 6.21. The first kappa shape index (κ1) is 27.2. The molecule has 5 rings (SSSR count). The minimum absolute atomic E-state index is 0.0270. The number of aliphatic carboxylic acids is 1. The summed E-state index contributed by atoms with van der Waals surface area (Å²) in [6, 6.07) is 5.98. The zero-order valence-electron chi connectivity index (χ0n) is 22.3. The van der Waals surface area contributed by atoms with Crippen molar-refractivity contribution in [3.8, 4) is 5.88 Å². The summed E-state index contributed by atoms with van der Waals surface area (Å²) in [5, 5.41) is 14.7. The number of carbonyl (C=O) groups is 3. The van der Waals surface area contributed by atoms with E-state index in [9.17, 15) is 19.5 Å². The van der Waals surface area contributed by atoms with E-state index in [-0.39, 0.29) is 18.9 Å². The first-order valence-corrected chi connectivity index (χ1v) is 14.0. The van der Waals surface area contributed by atoms with Gasteiger partial charge in [-0.05, 0) is 67.5 Å². The molecular weight excluding hydrogens is 502 g/mol. The van der Waals surface area contributed by atoms with Crippen LogP contribution in [0.4, 0.5) is 4.79 Å². The molecule has 210 valence electrons. The van der Waals surface area contributed by atoms with Gasteiger partial charge >= 0.3 is 12.1 Å². The molecule has 4 bridgehead atoms. The second kappa shape index (κ2) is 12.2. The summed E-state index contributed by atoms with van der Waals surface area (Å²) in [7, 11) is 1.43. The number of carbonyl (C=O) groups excluding carboxylic acids is 2. The normalized spacial score (nSPS) is 27.4. The van der Waals surface area contributed by atoms with E-state index < -0.39 is 42.4 Å². The number of hydrogen-bond acceptors (Lipinski definition) is 7. The molecule has 2 N–H and O–H groups in total. The zero-order chi connectivity index (χ0) is 27.4. The molecule has 1 aromatic carbocycles. The number of cyclic esters (lactones) is 1. The SMILES string of the molecule is COC1[C@H]2C[C@@H](C(=O)O)N1C(=O)[C@H](C1CCCCC1)NC(=O)OCCCCCc1ccc3ccnc(c3c1)O2. The van der Waals surface area contributed by atoms with Crippen LogP contribution in [0.5, 0.6) is 5.88 Å². The lowest BCUT2D eigenvalue weighted by molar-refractivity contribution is -0.160. The summed E-state index contributed by atoms with van der Waals surface area (Å²) in [4.78, 5) is 45.0. The number of rotatable bonds is 3. The number of hydrogen-bond donors (Lipinski definition) is 2. The predicted octanol–water partition coefficient (Wildman–Crippen LogP) is 4.04. The maximum absolute atomic E-state index is 14.1. The third-order valence-corrected chi connectivity index (χ3v) is 8.23. The Morgan fingerprint density at radius 2 is 1.90 bits per heavy atom. The number of fused-ring (bicyclic) bond motifs is 3. The lowest BCUT2D eigenvalue weighted by Crippen LogP contribution is -2.58. The smallest absolute Gasteiger partial charge is 0.407 e. The van der Waals surface area contributed by atoms with Gasteiger partial charge in [-0.2, -0.15) is 0 Å². The Balaban J connectivity index is 1.53. The number of methoxy groups -OCH3 is 1. The van der Waals surface area contributed by atoms with Crippen LogP contribution in [0.2, 0.25) is 0 Å². The van der Waals surface area contributed by atoms with Crippen molar-refractivity contribution in [1.29, 1.82) is 0 Å². The van der Waals surface area contributed by atoms with Crippen molar-refractivity contribution >= 4 is 28.7 Å². The van der Waals surface area contributed by atoms with Gasteiger partial charge in [0, 0.05) is 25.1 Å². The quantitative estimate of drug-likeness (QED) is 0.598. The lowest BCUT2D eigenvalue weighted by Gasteiger charge is -2.36. The number of carboxylic acid groups (broad SMARTS) is 1. The summed E-state index contributed by atoms with van der Waals surface area (Å²) in [6.07, 6.45) is 7.17. The minimum Gasteiger partial charge on any atom is -0.480 e. The van der Waals surface area contributed by atoms with E-state index in [0.717, 1.165) is 67.7 Å². The molecular formula is C29H37N3O7. The van der Waals surface area contributed by atoms with E-state index in [1.807, 2.05) is 12.1 Å². The third kappa shape index (κ3) is 5.95. The van der Waals surface area contributed by atoms with Crippen LogP contribution in [-0.2, 0) is 25.5 Å². The Bertz CT molecular complexity index is 1200. The summed E-state index contributed by atoms with van der Waals surface area (Å²) in [5.41, 5.74) is 1.13. The highest BCUT2D eigenvalue weighted by atomic mass is 16.6. The summed E-state index contributed by atoms with van der Waals surface area (Å²) >= 11 is 0. The van der Waals surface area contributed by atoms with E-state index in [1.165, 1.54) is 12.0 Å². The molecule has 1 saturated carbocycles. The van der Waals surface area contributed by atoms with E-state index in [4.69, 9.17) is 14.2 Å². The van der Waals surface area contributed by atoms with Crippen LogP contribution < -0.4 is 10.1 Å². The Morgan fingerprint density at radius 1 is 1.10 bits per heavy atom. The first-order valence-electron chi connectivity index (χ1n) is 14.0. The van der Waals surface area contributed by atoms with E-state index >= 15 is 0 Å². The number of benzene rings is 1. The Morgan fingerprint density at radius 3 is 2.67 bits per heavy atom. The fraction of sp³-hybridized carbons (Fsp3) is 0.586. The molecule has 2 aromatic rings. The number of alkyl carbamates (subject to hydrolysis) is 1. The van der Waals surface area contributed by atoms with Gasteiger partial charge in [0.1, 0.15) is 18.2 Å². The molecule has 3 heterocycles. The molecule has 3 aliphatic rings. The van der Waals surface area contributed by atoms with Crippen LogP contribution >= 0.6 is 0 Å². The molecule has 1 unspecified atom stereocenters. The molecule has 1 saturated heterocycles. The number of nitrogens with one attached hydrogen (secondary N) is 1. The number of nitrogens with zero attached hydrogens (tertiary/aromatic N) is 2. The molecule has 0 spiro atoms. The minimum atomic E-state index is -1.18. The number of aryl methyl sites for hydroxylation is 1. The number of aromatic nitrogens is 1. The highest BCUT2D eigenvalue weighted by molar-refractivity contribution is 5.91. The maximum Gasteiger partial charge on any atom is 0.407 e. The van der Waals surface area contributed by atoms with Gasteiger partial charge in [0.25, 0.3) is 0 Å². The van der Waals surface area contributed by atoms with Gasteiger partial charge in [0.2, 0.25) is 11.8 Å². The van der Waals surface area contributed by atoms with Crippen LogP contribution in [0.15, 0.2) is 30.5 Å². The summed E-state index contributed by atoms with van der Waals surface area (Å²) < 4.78 is 17.5. The molecule has 39 heavy (non-hydrogen) atoms. The van der Waals surface area contributed by atoms with Crippen molar-refractivity contribution in [2.75, 3.05) is 13.7 Å². The summed E-state index contributed by atoms with van der Waals surface area (Å²) in [6.45, 7) is 0.251. The molecule has 10 nitrogen and oxygen atoms in total. The number of carboxylic acids is 1. The Labute approximate surface area is 228 Å². The first-order chi connectivity index (χ1) is 19.0. The van der Waals surface area contributed by atoms with Gasteiger partial charge in [0.15, 0.2) is 6.23 Å². The number of ether oxygens (including phenoxy) is 3. The fourth-order valence-electron chi connectivity index (χ4n) is 6.21. The van der Waals surface area contributed by atoms with Crippen molar-refractivity contribution < 1.29 is 33.7 Å². The average molecular weight is 540 g/mol. The molecule has 1 aliphatic carbocycles. The van der Waals surface area contributed by atoms with Gasteiger partial charge in [-0.15, -0.1) is 0 Å². The highest BCUT2D eigenvalue weighted by Crippen LogP contribution is 2.35. The standard InChI is InChI=1S/C29H37N3O7/c1-37-27-23-17-22(28(34)35)32(27)26(33)24(20-9-5-2-6-10-20)31-29(36)38-15-7-3-4-8-18-11-12-19-13-14-30-25(39-23)21(19)16-18/h11-14,16,20,22-24,27H,2-10,15,17H2,1H3,(H,31,36)(H,34,35)/t22-,23+,24-,27?/m0/s1. The maximum atomic E-state index is 14.1. The monoisotopic (exact) mass is 539 g/mol. The predicted molar refractivity (Wildman–Crippen MR) is 142 cm³/mol. The largest absolute Gasteiger partial charge is 0.480 e. The second-order valence-electron chi connectivity index (χ2n) is 10.8. The van der Waals surface area contributed by atoms with Crippen LogP contribution in [0.3, 0.4) is 0 Å². The average Bonchev–Trinajstić information content (AvgIpc) is 3.32. The lowest BCUT2D eigenvalue weighted by atomic mass is 9.83. The molecule has 2 aliphatic heterocycles. The van der Waals surface area contributed by atoms with Crippen molar-refractivity contribution in [1.82, 2.24) is 15.2 Å². The van der Waals surface area contributed by atoms with Crippen molar-refractivity contribution in [2.45, 2.75) is 88.6 Å². The van der Waals surface area contributed by atoms with Gasteiger partial charge in [-0.25, -0.2) is 14.6 Å². The van der Waals surface area contributed by atoms with Crippen molar-refractivity contribution in [3.05, 3.63) is 36.0 Å². The van der Waals surface area contributed by atoms with Gasteiger partial charge < -0.3 is 24.6 Å². The topological polar surface area (TPSA) is 127 Å². The molecule has 10 heteroatoms. The zero-order valence-corrected chi connectivity index (χ0v) is 22.3. The highest BCUT2D eigenvalue weighted by Gasteiger charge is 2.51. The number of amides is 2. The molecule has 2 fully saturated rings. The van der Waals surface area contributed by atoms with Gasteiger partial charge in [0.05, 0.1) is 6.61 Å².